The van der Waals surface area contributed by atoms with E-state index in [0.717, 1.165) is 30.9 Å². The van der Waals surface area contributed by atoms with Gasteiger partial charge in [-0.15, -0.1) is 0 Å². The number of nitrogens with zero attached hydrogens (tertiary/aromatic N) is 1. The average molecular weight is 245 g/mol. The minimum atomic E-state index is -0.387. The van der Waals surface area contributed by atoms with Crippen molar-refractivity contribution in [2.24, 2.45) is 0 Å². The van der Waals surface area contributed by atoms with Crippen LogP contribution in [0.3, 0.4) is 0 Å². The van der Waals surface area contributed by atoms with E-state index in [-0.39, 0.29) is 11.7 Å². The molecule has 0 saturated carbocycles. The molecule has 16 heavy (non-hydrogen) atoms. The number of hydrogen-bond acceptors (Lipinski definition) is 3. The van der Waals surface area contributed by atoms with Crippen LogP contribution in [0.4, 0.5) is 4.79 Å². The first kappa shape index (κ1) is 13.7. The van der Waals surface area contributed by atoms with Crippen LogP contribution >= 0.6 is 11.8 Å². The van der Waals surface area contributed by atoms with Crippen molar-refractivity contribution in [1.29, 1.82) is 0 Å². The molecule has 0 radical (unpaired) electrons. The summed E-state index contributed by atoms with van der Waals surface area (Å²) in [4.78, 5) is 13.8. The molecule has 1 amide bonds. The predicted molar refractivity (Wildman–Crippen MR) is 69.0 cm³/mol. The minimum Gasteiger partial charge on any atom is -0.444 e. The van der Waals surface area contributed by atoms with Gasteiger partial charge in [-0.3, -0.25) is 0 Å². The summed E-state index contributed by atoms with van der Waals surface area (Å²) in [5.74, 6) is 2.15. The molecule has 1 aliphatic heterocycles. The van der Waals surface area contributed by atoms with E-state index in [2.05, 4.69) is 6.92 Å². The molecule has 4 heteroatoms. The Bertz CT molecular complexity index is 238. The van der Waals surface area contributed by atoms with Crippen molar-refractivity contribution < 1.29 is 9.53 Å². The number of ether oxygens (including phenoxy) is 1. The Balaban J connectivity index is 2.47. The lowest BCUT2D eigenvalue weighted by Gasteiger charge is -2.28. The van der Waals surface area contributed by atoms with Crippen LogP contribution in [0.15, 0.2) is 0 Å². The Morgan fingerprint density at radius 2 is 2.19 bits per heavy atom. The smallest absolute Gasteiger partial charge is 0.410 e. The van der Waals surface area contributed by atoms with E-state index in [1.165, 1.54) is 0 Å². The third-order valence-electron chi connectivity index (χ3n) is 2.52. The van der Waals surface area contributed by atoms with Gasteiger partial charge in [0.2, 0.25) is 0 Å². The number of thioether (sulfide) groups is 1. The van der Waals surface area contributed by atoms with Crippen LogP contribution in [0.5, 0.6) is 0 Å². The lowest BCUT2D eigenvalue weighted by Crippen LogP contribution is -2.40. The van der Waals surface area contributed by atoms with Gasteiger partial charge >= 0.3 is 6.09 Å². The molecule has 1 saturated heterocycles. The Hall–Kier alpha value is -0.380. The third-order valence-corrected chi connectivity index (χ3v) is 3.55. The molecule has 0 unspecified atom stereocenters. The van der Waals surface area contributed by atoms with Gasteiger partial charge in [-0.25, -0.2) is 4.79 Å². The van der Waals surface area contributed by atoms with Gasteiger partial charge in [0.1, 0.15) is 5.60 Å². The maximum absolute atomic E-state index is 11.9. The standard InChI is InChI=1S/C12H23NO2S/c1-5-16-9-10-7-6-8-13(10)11(14)15-12(2,3)4/h10H,5-9H2,1-4H3/t10-/m0/s1. The van der Waals surface area contributed by atoms with E-state index in [1.54, 1.807) is 0 Å². The number of likely N-dealkylation sites (tertiary alicyclic amines) is 1. The number of amides is 1. The average Bonchev–Trinajstić information content (AvgIpc) is 2.59. The van der Waals surface area contributed by atoms with Crippen LogP contribution in [0.1, 0.15) is 40.5 Å². The first-order valence-corrected chi connectivity index (χ1v) is 7.17. The number of carbonyl (C=O) groups is 1. The summed E-state index contributed by atoms with van der Waals surface area (Å²) in [5.41, 5.74) is -0.387. The Morgan fingerprint density at radius 1 is 1.50 bits per heavy atom. The van der Waals surface area contributed by atoms with Gasteiger partial charge in [0.05, 0.1) is 0 Å². The Morgan fingerprint density at radius 3 is 2.75 bits per heavy atom. The lowest BCUT2D eigenvalue weighted by molar-refractivity contribution is 0.0242. The molecule has 3 nitrogen and oxygen atoms in total. The molecule has 0 spiro atoms. The van der Waals surface area contributed by atoms with Crippen LogP contribution < -0.4 is 0 Å². The Labute approximate surface area is 103 Å². The molecule has 1 heterocycles. The van der Waals surface area contributed by atoms with Crippen LogP contribution in [-0.2, 0) is 4.74 Å². The highest BCUT2D eigenvalue weighted by atomic mass is 32.2. The molecule has 0 aliphatic carbocycles. The maximum atomic E-state index is 11.9. The molecule has 1 rings (SSSR count). The van der Waals surface area contributed by atoms with Gasteiger partial charge in [0, 0.05) is 18.3 Å². The summed E-state index contributed by atoms with van der Waals surface area (Å²) in [6.45, 7) is 8.74. The van der Waals surface area contributed by atoms with Crippen molar-refractivity contribution in [3.63, 3.8) is 0 Å². The molecule has 1 atom stereocenters. The molecule has 0 aromatic carbocycles. The summed E-state index contributed by atoms with van der Waals surface area (Å²) >= 11 is 1.90. The second kappa shape index (κ2) is 5.80. The maximum Gasteiger partial charge on any atom is 0.410 e. The molecule has 0 aromatic rings. The van der Waals surface area contributed by atoms with Crippen LogP contribution in [0.2, 0.25) is 0 Å². The molecule has 94 valence electrons. The van der Waals surface area contributed by atoms with Crippen molar-refractivity contribution in [1.82, 2.24) is 4.90 Å². The van der Waals surface area contributed by atoms with Gasteiger partial charge in [-0.2, -0.15) is 11.8 Å². The fourth-order valence-corrected chi connectivity index (χ4v) is 2.68. The van der Waals surface area contributed by atoms with Crippen molar-refractivity contribution in [3.8, 4) is 0 Å². The summed E-state index contributed by atoms with van der Waals surface area (Å²) in [6.07, 6.45) is 2.08. The second-order valence-corrected chi connectivity index (χ2v) is 6.45. The molecule has 1 aliphatic rings. The predicted octanol–water partition coefficient (Wildman–Crippen LogP) is 3.14. The van der Waals surface area contributed by atoms with Gasteiger partial charge in [-0.05, 0) is 39.4 Å². The highest BCUT2D eigenvalue weighted by molar-refractivity contribution is 7.99. The zero-order valence-electron chi connectivity index (χ0n) is 10.8. The van der Waals surface area contributed by atoms with E-state index >= 15 is 0 Å². The van der Waals surface area contributed by atoms with Crippen molar-refractivity contribution in [3.05, 3.63) is 0 Å². The lowest BCUT2D eigenvalue weighted by atomic mass is 10.2. The molecule has 0 N–H and O–H groups in total. The second-order valence-electron chi connectivity index (χ2n) is 5.13. The van der Waals surface area contributed by atoms with Crippen molar-refractivity contribution in [2.45, 2.75) is 52.2 Å². The molecule has 1 fully saturated rings. The van der Waals surface area contributed by atoms with Crippen LogP contribution in [0, 0.1) is 0 Å². The van der Waals surface area contributed by atoms with E-state index in [9.17, 15) is 4.79 Å². The van der Waals surface area contributed by atoms with Crippen molar-refractivity contribution in [2.75, 3.05) is 18.1 Å². The summed E-state index contributed by atoms with van der Waals surface area (Å²) in [6, 6.07) is 0.375. The first-order chi connectivity index (χ1) is 7.44. The summed E-state index contributed by atoms with van der Waals surface area (Å²) in [7, 11) is 0. The monoisotopic (exact) mass is 245 g/mol. The van der Waals surface area contributed by atoms with E-state index in [0.29, 0.717) is 6.04 Å². The normalized spacial score (nSPS) is 21.2. The van der Waals surface area contributed by atoms with Gasteiger partial charge in [-0.1, -0.05) is 6.92 Å². The quantitative estimate of drug-likeness (QED) is 0.765. The molecule has 0 aromatic heterocycles. The SMILES string of the molecule is CCSC[C@@H]1CCCN1C(=O)OC(C)(C)C. The highest BCUT2D eigenvalue weighted by Gasteiger charge is 2.31. The number of rotatable bonds is 3. The molecular weight excluding hydrogens is 222 g/mol. The minimum absolute atomic E-state index is 0.147. The molecular formula is C12H23NO2S. The van der Waals surface area contributed by atoms with Gasteiger partial charge in [0.25, 0.3) is 0 Å². The fraction of sp³-hybridized carbons (Fsp3) is 0.917. The van der Waals surface area contributed by atoms with Crippen LogP contribution in [0.25, 0.3) is 0 Å². The highest BCUT2D eigenvalue weighted by Crippen LogP contribution is 2.23. The van der Waals surface area contributed by atoms with Crippen LogP contribution in [-0.4, -0.2) is 40.7 Å². The van der Waals surface area contributed by atoms with Gasteiger partial charge in [0.15, 0.2) is 0 Å². The first-order valence-electron chi connectivity index (χ1n) is 6.01. The summed E-state index contributed by atoms with van der Waals surface area (Å²) < 4.78 is 5.41. The fourth-order valence-electron chi connectivity index (χ4n) is 1.82. The van der Waals surface area contributed by atoms with E-state index < -0.39 is 0 Å². The van der Waals surface area contributed by atoms with Gasteiger partial charge < -0.3 is 9.64 Å². The summed E-state index contributed by atoms with van der Waals surface area (Å²) in [5, 5.41) is 0. The third kappa shape index (κ3) is 4.24. The zero-order chi connectivity index (χ0) is 12.2. The number of hydrogen-bond donors (Lipinski definition) is 0. The van der Waals surface area contributed by atoms with Crippen molar-refractivity contribution >= 4 is 17.9 Å². The zero-order valence-corrected chi connectivity index (χ0v) is 11.6. The van der Waals surface area contributed by atoms with E-state index in [1.807, 2.05) is 37.4 Å². The topological polar surface area (TPSA) is 29.5 Å². The Kier molecular flexibility index (Phi) is 4.96. The van der Waals surface area contributed by atoms with E-state index in [4.69, 9.17) is 4.74 Å². The molecule has 0 bridgehead atoms. The number of carbonyl (C=O) groups excluding carboxylic acids is 1. The largest absolute Gasteiger partial charge is 0.444 e.